The molecule has 27 heavy (non-hydrogen) atoms. The summed E-state index contributed by atoms with van der Waals surface area (Å²) in [6.45, 7) is 2.10. The third kappa shape index (κ3) is 4.55. The van der Waals surface area contributed by atoms with E-state index in [1.807, 2.05) is 31.2 Å². The molecule has 0 saturated carbocycles. The van der Waals surface area contributed by atoms with Crippen molar-refractivity contribution in [1.82, 2.24) is 5.32 Å². The third-order valence-corrected chi connectivity index (χ3v) is 4.05. The maximum absolute atomic E-state index is 12.3. The van der Waals surface area contributed by atoms with Crippen LogP contribution < -0.4 is 15.4 Å². The van der Waals surface area contributed by atoms with Gasteiger partial charge in [-0.1, -0.05) is 18.2 Å². The summed E-state index contributed by atoms with van der Waals surface area (Å²) in [5, 5.41) is 5.57. The highest BCUT2D eigenvalue weighted by Crippen LogP contribution is 2.16. The Morgan fingerprint density at radius 3 is 2.41 bits per heavy atom. The maximum Gasteiger partial charge on any atom is 0.291 e. The van der Waals surface area contributed by atoms with Gasteiger partial charge in [0.15, 0.2) is 5.76 Å². The SMILES string of the molecule is COc1ccc(C(=O)NCc2ccc(C(=O)Nc3ccccc3C)o2)cc1. The highest BCUT2D eigenvalue weighted by Gasteiger charge is 2.13. The van der Waals surface area contributed by atoms with Gasteiger partial charge in [0.05, 0.1) is 13.7 Å². The Balaban J connectivity index is 1.58. The lowest BCUT2D eigenvalue weighted by Gasteiger charge is -2.06. The molecule has 0 aliphatic rings. The van der Waals surface area contributed by atoms with Gasteiger partial charge in [0.2, 0.25) is 0 Å². The van der Waals surface area contributed by atoms with E-state index in [0.29, 0.717) is 17.1 Å². The molecule has 1 aromatic heterocycles. The number of hydrogen-bond acceptors (Lipinski definition) is 4. The molecule has 0 bridgehead atoms. The smallest absolute Gasteiger partial charge is 0.291 e. The van der Waals surface area contributed by atoms with Gasteiger partial charge >= 0.3 is 0 Å². The van der Waals surface area contributed by atoms with Crippen molar-refractivity contribution in [3.8, 4) is 5.75 Å². The molecule has 6 nitrogen and oxygen atoms in total. The Bertz CT molecular complexity index is 945. The lowest BCUT2D eigenvalue weighted by atomic mass is 10.2. The number of methoxy groups -OCH3 is 1. The normalized spacial score (nSPS) is 10.3. The molecule has 1 heterocycles. The molecule has 138 valence electrons. The second-order valence-electron chi connectivity index (χ2n) is 5.95. The third-order valence-electron chi connectivity index (χ3n) is 4.05. The number of carbonyl (C=O) groups is 2. The first-order valence-corrected chi connectivity index (χ1v) is 8.45. The molecule has 0 radical (unpaired) electrons. The van der Waals surface area contributed by atoms with Crippen LogP contribution in [0.3, 0.4) is 0 Å². The van der Waals surface area contributed by atoms with E-state index in [9.17, 15) is 9.59 Å². The molecule has 0 atom stereocenters. The molecule has 2 amide bonds. The van der Waals surface area contributed by atoms with Crippen LogP contribution in [0.15, 0.2) is 65.1 Å². The average molecular weight is 364 g/mol. The molecular weight excluding hydrogens is 344 g/mol. The standard InChI is InChI=1S/C21H20N2O4/c1-14-5-3-4-6-18(14)23-21(25)19-12-11-17(27-19)13-22-20(24)15-7-9-16(26-2)10-8-15/h3-12H,13H2,1-2H3,(H,22,24)(H,23,25). The van der Waals surface area contributed by atoms with Gasteiger partial charge in [-0.2, -0.15) is 0 Å². The van der Waals surface area contributed by atoms with Crippen LogP contribution in [0.5, 0.6) is 5.75 Å². The van der Waals surface area contributed by atoms with Crippen LogP contribution in [-0.2, 0) is 6.54 Å². The van der Waals surface area contributed by atoms with Gasteiger partial charge in [-0.05, 0) is 55.0 Å². The van der Waals surface area contributed by atoms with E-state index >= 15 is 0 Å². The zero-order valence-corrected chi connectivity index (χ0v) is 15.1. The average Bonchev–Trinajstić information content (AvgIpc) is 3.17. The molecule has 0 fully saturated rings. The molecule has 2 N–H and O–H groups in total. The molecule has 2 aromatic carbocycles. The van der Waals surface area contributed by atoms with Crippen LogP contribution in [0.25, 0.3) is 0 Å². The fourth-order valence-corrected chi connectivity index (χ4v) is 2.50. The maximum atomic E-state index is 12.3. The van der Waals surface area contributed by atoms with Crippen molar-refractivity contribution >= 4 is 17.5 Å². The van der Waals surface area contributed by atoms with Gasteiger partial charge in [0.1, 0.15) is 11.5 Å². The Morgan fingerprint density at radius 1 is 0.963 bits per heavy atom. The number of anilines is 1. The van der Waals surface area contributed by atoms with Crippen molar-refractivity contribution in [1.29, 1.82) is 0 Å². The second kappa shape index (κ2) is 8.23. The summed E-state index contributed by atoms with van der Waals surface area (Å²) in [6.07, 6.45) is 0. The minimum atomic E-state index is -0.336. The zero-order valence-electron chi connectivity index (χ0n) is 15.1. The monoisotopic (exact) mass is 364 g/mol. The quantitative estimate of drug-likeness (QED) is 0.697. The number of furan rings is 1. The fourth-order valence-electron chi connectivity index (χ4n) is 2.50. The zero-order chi connectivity index (χ0) is 19.2. The minimum absolute atomic E-state index is 0.183. The molecule has 0 aliphatic carbocycles. The first-order chi connectivity index (χ1) is 13.1. The number of benzene rings is 2. The van der Waals surface area contributed by atoms with Crippen molar-refractivity contribution in [2.45, 2.75) is 13.5 Å². The molecule has 0 unspecified atom stereocenters. The Labute approximate surface area is 157 Å². The molecule has 3 rings (SSSR count). The first kappa shape index (κ1) is 18.3. The molecule has 6 heteroatoms. The summed E-state index contributed by atoms with van der Waals surface area (Å²) in [5.74, 6) is 0.789. The molecule has 0 saturated heterocycles. The molecule has 0 spiro atoms. The van der Waals surface area contributed by atoms with Crippen LogP contribution in [0.1, 0.15) is 32.2 Å². The van der Waals surface area contributed by atoms with Crippen LogP contribution >= 0.6 is 0 Å². The number of nitrogens with one attached hydrogen (secondary N) is 2. The second-order valence-corrected chi connectivity index (χ2v) is 5.95. The van der Waals surface area contributed by atoms with Gasteiger partial charge in [0.25, 0.3) is 11.8 Å². The summed E-state index contributed by atoms with van der Waals surface area (Å²) in [6, 6.07) is 17.5. The minimum Gasteiger partial charge on any atom is -0.497 e. The van der Waals surface area contributed by atoms with E-state index in [1.54, 1.807) is 43.5 Å². The number of rotatable bonds is 6. The van der Waals surface area contributed by atoms with E-state index in [4.69, 9.17) is 9.15 Å². The predicted molar refractivity (Wildman–Crippen MR) is 102 cm³/mol. The predicted octanol–water partition coefficient (Wildman–Crippen LogP) is 3.78. The highest BCUT2D eigenvalue weighted by molar-refractivity contribution is 6.02. The summed E-state index contributed by atoms with van der Waals surface area (Å²) < 4.78 is 10.6. The summed E-state index contributed by atoms with van der Waals surface area (Å²) in [7, 11) is 1.57. The number of aryl methyl sites for hydroxylation is 1. The van der Waals surface area contributed by atoms with Crippen LogP contribution in [0.2, 0.25) is 0 Å². The van der Waals surface area contributed by atoms with Gasteiger partial charge < -0.3 is 19.8 Å². The van der Waals surface area contributed by atoms with Crippen molar-refractivity contribution in [2.24, 2.45) is 0 Å². The summed E-state index contributed by atoms with van der Waals surface area (Å²) >= 11 is 0. The van der Waals surface area contributed by atoms with Crippen LogP contribution in [-0.4, -0.2) is 18.9 Å². The number of para-hydroxylation sites is 1. The molecule has 0 aliphatic heterocycles. The van der Waals surface area contributed by atoms with Crippen LogP contribution in [0, 0.1) is 6.92 Å². The number of hydrogen-bond donors (Lipinski definition) is 2. The summed E-state index contributed by atoms with van der Waals surface area (Å²) in [5.41, 5.74) is 2.21. The van der Waals surface area contributed by atoms with Gasteiger partial charge in [0, 0.05) is 11.3 Å². The lowest BCUT2D eigenvalue weighted by Crippen LogP contribution is -2.22. The van der Waals surface area contributed by atoms with E-state index in [0.717, 1.165) is 11.3 Å². The number of amides is 2. The molecular formula is C21H20N2O4. The van der Waals surface area contributed by atoms with E-state index in [2.05, 4.69) is 10.6 Å². The van der Waals surface area contributed by atoms with Crippen molar-refractivity contribution in [3.05, 3.63) is 83.3 Å². The topological polar surface area (TPSA) is 80.6 Å². The Morgan fingerprint density at radius 2 is 1.70 bits per heavy atom. The van der Waals surface area contributed by atoms with Crippen LogP contribution in [0.4, 0.5) is 5.69 Å². The fraction of sp³-hybridized carbons (Fsp3) is 0.143. The van der Waals surface area contributed by atoms with Gasteiger partial charge in [-0.3, -0.25) is 9.59 Å². The van der Waals surface area contributed by atoms with Crippen molar-refractivity contribution in [2.75, 3.05) is 12.4 Å². The van der Waals surface area contributed by atoms with E-state index < -0.39 is 0 Å². The van der Waals surface area contributed by atoms with E-state index in [-0.39, 0.29) is 24.1 Å². The lowest BCUT2D eigenvalue weighted by molar-refractivity contribution is 0.0948. The Kier molecular flexibility index (Phi) is 5.56. The van der Waals surface area contributed by atoms with Crippen molar-refractivity contribution < 1.29 is 18.7 Å². The number of carbonyl (C=O) groups excluding carboxylic acids is 2. The molecule has 3 aromatic rings. The van der Waals surface area contributed by atoms with Crippen molar-refractivity contribution in [3.63, 3.8) is 0 Å². The Hall–Kier alpha value is -3.54. The first-order valence-electron chi connectivity index (χ1n) is 8.45. The van der Waals surface area contributed by atoms with Gasteiger partial charge in [-0.25, -0.2) is 0 Å². The summed E-state index contributed by atoms with van der Waals surface area (Å²) in [4.78, 5) is 24.5. The number of ether oxygens (including phenoxy) is 1. The largest absolute Gasteiger partial charge is 0.497 e. The van der Waals surface area contributed by atoms with E-state index in [1.165, 1.54) is 0 Å². The highest BCUT2D eigenvalue weighted by atomic mass is 16.5. The van der Waals surface area contributed by atoms with Gasteiger partial charge in [-0.15, -0.1) is 0 Å².